The molecule has 3 atom stereocenters. The minimum absolute atomic E-state index is 0.0666. The second kappa shape index (κ2) is 17.4. The van der Waals surface area contributed by atoms with Crippen molar-refractivity contribution >= 4 is 24.1 Å². The lowest BCUT2D eigenvalue weighted by atomic mass is 9.95. The third-order valence-electron chi connectivity index (χ3n) is 7.87. The van der Waals surface area contributed by atoms with Crippen molar-refractivity contribution in [3.8, 4) is 5.75 Å². The Hall–Kier alpha value is -4.28. The third kappa shape index (κ3) is 12.6. The van der Waals surface area contributed by atoms with Gasteiger partial charge in [0.05, 0.1) is 13.2 Å². The van der Waals surface area contributed by atoms with Crippen LogP contribution in [0.3, 0.4) is 0 Å². The Morgan fingerprint density at radius 3 is 2.37 bits per heavy atom. The molecule has 1 heterocycles. The molecule has 0 aliphatic carbocycles. The first-order valence-corrected chi connectivity index (χ1v) is 16.0. The number of carbonyl (C=O) groups is 4. The molecule has 1 fully saturated rings. The molecule has 1 aliphatic heterocycles. The minimum Gasteiger partial charge on any atom is -0.494 e. The predicted molar refractivity (Wildman–Crippen MR) is 174 cm³/mol. The van der Waals surface area contributed by atoms with Gasteiger partial charge in [-0.1, -0.05) is 36.4 Å². The Morgan fingerprint density at radius 1 is 0.957 bits per heavy atom. The van der Waals surface area contributed by atoms with E-state index < -0.39 is 41.7 Å². The molecule has 0 bridgehead atoms. The molecule has 0 saturated carbocycles. The quantitative estimate of drug-likeness (QED) is 0.249. The van der Waals surface area contributed by atoms with Crippen LogP contribution in [0.2, 0.25) is 0 Å². The average molecular weight is 640 g/mol. The van der Waals surface area contributed by atoms with Gasteiger partial charge in [-0.15, -0.1) is 0 Å². The van der Waals surface area contributed by atoms with Crippen molar-refractivity contribution in [2.45, 2.75) is 90.8 Å². The number of piperidine rings is 1. The lowest BCUT2D eigenvalue weighted by Gasteiger charge is -2.32. The Balaban J connectivity index is 1.52. The Bertz CT molecular complexity index is 1310. The fraction of sp³-hybridized carbons (Fsp3) is 0.543. The first kappa shape index (κ1) is 36.2. The summed E-state index contributed by atoms with van der Waals surface area (Å²) in [6.07, 6.45) is 1.82. The molecule has 3 rings (SSSR count). The maximum atomic E-state index is 13.2. The molecule has 1 saturated heterocycles. The summed E-state index contributed by atoms with van der Waals surface area (Å²) in [6.45, 7) is 10.7. The van der Waals surface area contributed by atoms with Crippen molar-refractivity contribution in [3.63, 3.8) is 0 Å². The molecule has 2 aromatic carbocycles. The van der Waals surface area contributed by atoms with E-state index in [1.807, 2.05) is 48.5 Å². The van der Waals surface area contributed by atoms with Gasteiger partial charge in [0, 0.05) is 19.5 Å². The molecule has 0 aromatic heterocycles. The van der Waals surface area contributed by atoms with Gasteiger partial charge in [-0.25, -0.2) is 14.4 Å². The van der Waals surface area contributed by atoms with Crippen LogP contribution < -0.4 is 15.4 Å². The van der Waals surface area contributed by atoms with Crippen LogP contribution in [0.1, 0.15) is 69.6 Å². The molecule has 11 heteroatoms. The van der Waals surface area contributed by atoms with E-state index in [-0.39, 0.29) is 25.4 Å². The van der Waals surface area contributed by atoms with Crippen LogP contribution in [0.15, 0.2) is 48.5 Å². The second-order valence-corrected chi connectivity index (χ2v) is 12.9. The van der Waals surface area contributed by atoms with Crippen LogP contribution in [-0.2, 0) is 25.5 Å². The van der Waals surface area contributed by atoms with Gasteiger partial charge in [-0.2, -0.15) is 0 Å². The van der Waals surface area contributed by atoms with Crippen molar-refractivity contribution in [2.75, 3.05) is 26.3 Å². The molecule has 252 valence electrons. The smallest absolute Gasteiger partial charge is 0.409 e. The molecule has 2 aromatic rings. The summed E-state index contributed by atoms with van der Waals surface area (Å²) in [5.41, 5.74) is 2.51. The first-order valence-electron chi connectivity index (χ1n) is 16.0. The van der Waals surface area contributed by atoms with Crippen molar-refractivity contribution in [1.29, 1.82) is 0 Å². The molecular weight excluding hydrogens is 590 g/mol. The first-order chi connectivity index (χ1) is 21.8. The van der Waals surface area contributed by atoms with Crippen molar-refractivity contribution < 1.29 is 38.5 Å². The van der Waals surface area contributed by atoms with E-state index in [0.29, 0.717) is 26.1 Å². The Labute approximate surface area is 272 Å². The number of carboxylic acids is 1. The summed E-state index contributed by atoms with van der Waals surface area (Å²) in [6, 6.07) is 13.0. The van der Waals surface area contributed by atoms with E-state index in [9.17, 15) is 24.3 Å². The average Bonchev–Trinajstić information content (AvgIpc) is 3.00. The van der Waals surface area contributed by atoms with Gasteiger partial charge in [0.15, 0.2) is 0 Å². The van der Waals surface area contributed by atoms with Crippen LogP contribution in [0, 0.1) is 19.8 Å². The zero-order valence-electron chi connectivity index (χ0n) is 27.7. The number of rotatable bonds is 14. The number of amides is 3. The summed E-state index contributed by atoms with van der Waals surface area (Å²) in [5, 5.41) is 14.8. The number of alkyl carbamates (subject to hydrolysis) is 1. The van der Waals surface area contributed by atoms with Gasteiger partial charge in [0.25, 0.3) is 0 Å². The summed E-state index contributed by atoms with van der Waals surface area (Å²) in [5.74, 6) is -0.793. The van der Waals surface area contributed by atoms with Crippen LogP contribution in [-0.4, -0.2) is 78.1 Å². The molecule has 1 unspecified atom stereocenters. The van der Waals surface area contributed by atoms with E-state index in [1.54, 1.807) is 25.7 Å². The Morgan fingerprint density at radius 2 is 1.70 bits per heavy atom. The van der Waals surface area contributed by atoms with Crippen LogP contribution in [0.25, 0.3) is 0 Å². The maximum absolute atomic E-state index is 13.2. The Kier molecular flexibility index (Phi) is 13.7. The molecule has 11 nitrogen and oxygen atoms in total. The van der Waals surface area contributed by atoms with Gasteiger partial charge in [-0.3, -0.25) is 4.79 Å². The molecule has 0 spiro atoms. The van der Waals surface area contributed by atoms with Crippen LogP contribution >= 0.6 is 0 Å². The number of hydrogen-bond donors (Lipinski definition) is 3. The van der Waals surface area contributed by atoms with Gasteiger partial charge >= 0.3 is 18.2 Å². The number of nitrogens with one attached hydrogen (secondary N) is 2. The van der Waals surface area contributed by atoms with E-state index in [2.05, 4.69) is 24.5 Å². The lowest BCUT2D eigenvalue weighted by molar-refractivity contribution is -0.142. The number of likely N-dealkylation sites (tertiary alicyclic amines) is 1. The highest BCUT2D eigenvalue weighted by Gasteiger charge is 2.30. The number of aryl methyl sites for hydroxylation is 3. The number of benzene rings is 2. The number of aliphatic carboxylic acids is 1. The summed E-state index contributed by atoms with van der Waals surface area (Å²) in [4.78, 5) is 52.3. The van der Waals surface area contributed by atoms with Gasteiger partial charge in [0.1, 0.15) is 23.4 Å². The number of hydrogen-bond acceptors (Lipinski definition) is 7. The SMILES string of the molecule is Cc1ccc(OCCC2CCCN(C(=O)OCC[C@H](NC(=O)OC(C)(C)C)C(=O)N[C@@H](CCc3ccccc3)C(=O)O)C2)cc1C. The minimum atomic E-state index is -1.19. The topological polar surface area (TPSA) is 144 Å². The van der Waals surface area contributed by atoms with E-state index in [1.165, 1.54) is 11.1 Å². The molecule has 0 radical (unpaired) electrons. The zero-order valence-corrected chi connectivity index (χ0v) is 27.7. The molecule has 3 amide bonds. The van der Waals surface area contributed by atoms with E-state index >= 15 is 0 Å². The van der Waals surface area contributed by atoms with Gasteiger partial charge in [-0.05, 0) is 101 Å². The fourth-order valence-electron chi connectivity index (χ4n) is 5.17. The van der Waals surface area contributed by atoms with Crippen LogP contribution in [0.5, 0.6) is 5.75 Å². The highest BCUT2D eigenvalue weighted by Crippen LogP contribution is 2.22. The third-order valence-corrected chi connectivity index (χ3v) is 7.87. The van der Waals surface area contributed by atoms with Crippen molar-refractivity contribution in [2.24, 2.45) is 5.92 Å². The zero-order chi connectivity index (χ0) is 33.7. The highest BCUT2D eigenvalue weighted by atomic mass is 16.6. The van der Waals surface area contributed by atoms with E-state index in [4.69, 9.17) is 14.2 Å². The number of nitrogens with zero attached hydrogens (tertiary/aromatic N) is 1. The number of carbonyl (C=O) groups excluding carboxylic acids is 3. The normalized spacial score (nSPS) is 16.1. The summed E-state index contributed by atoms with van der Waals surface area (Å²) >= 11 is 0. The summed E-state index contributed by atoms with van der Waals surface area (Å²) in [7, 11) is 0. The van der Waals surface area contributed by atoms with E-state index in [0.717, 1.165) is 30.6 Å². The lowest BCUT2D eigenvalue weighted by Crippen LogP contribution is -2.53. The molecular formula is C35H49N3O8. The predicted octanol–water partition coefficient (Wildman–Crippen LogP) is 5.41. The van der Waals surface area contributed by atoms with Crippen LogP contribution in [0.4, 0.5) is 9.59 Å². The molecule has 1 aliphatic rings. The maximum Gasteiger partial charge on any atom is 0.409 e. The van der Waals surface area contributed by atoms with Gasteiger partial charge in [0.2, 0.25) is 5.91 Å². The number of ether oxygens (including phenoxy) is 3. The fourth-order valence-corrected chi connectivity index (χ4v) is 5.17. The van der Waals surface area contributed by atoms with Crippen molar-refractivity contribution in [3.05, 3.63) is 65.2 Å². The van der Waals surface area contributed by atoms with Crippen molar-refractivity contribution in [1.82, 2.24) is 15.5 Å². The number of carboxylic acid groups (broad SMARTS) is 1. The van der Waals surface area contributed by atoms with Gasteiger partial charge < -0.3 is 34.9 Å². The second-order valence-electron chi connectivity index (χ2n) is 12.9. The molecule has 3 N–H and O–H groups in total. The standard InChI is InChI=1S/C35H49N3O8/c1-24-13-15-28(22-25(24)2)44-20-17-27-12-9-19-38(23-27)34(43)45-21-18-29(37-33(42)46-35(3,4)5)31(39)36-30(32(40)41)16-14-26-10-7-6-8-11-26/h6-8,10-11,13,15,22,27,29-30H,9,12,14,16-21,23H2,1-5H3,(H,36,39)(H,37,42)(H,40,41)/t27?,29-,30-/m0/s1. The summed E-state index contributed by atoms with van der Waals surface area (Å²) < 4.78 is 16.8. The monoisotopic (exact) mass is 639 g/mol. The molecule has 46 heavy (non-hydrogen) atoms. The largest absolute Gasteiger partial charge is 0.494 e. The highest BCUT2D eigenvalue weighted by molar-refractivity contribution is 5.89.